The summed E-state index contributed by atoms with van der Waals surface area (Å²) in [6.07, 6.45) is 5.08. The lowest BCUT2D eigenvalue weighted by molar-refractivity contribution is 0.612. The van der Waals surface area contributed by atoms with Crippen molar-refractivity contribution in [3.05, 3.63) is 16.2 Å². The van der Waals surface area contributed by atoms with Gasteiger partial charge in [0.2, 0.25) is 5.28 Å². The van der Waals surface area contributed by atoms with Gasteiger partial charge in [-0.15, -0.1) is 11.3 Å². The Hall–Kier alpha value is -0.870. The zero-order valence-corrected chi connectivity index (χ0v) is 12.9. The molecule has 0 bridgehead atoms. The van der Waals surface area contributed by atoms with Crippen LogP contribution in [-0.4, -0.2) is 22.6 Å². The monoisotopic (exact) mass is 295 g/mol. The van der Waals surface area contributed by atoms with E-state index in [-0.39, 0.29) is 0 Å². The number of rotatable bonds is 1. The van der Waals surface area contributed by atoms with Crippen LogP contribution >= 0.6 is 22.9 Å². The maximum atomic E-state index is 6.10. The van der Waals surface area contributed by atoms with E-state index in [4.69, 9.17) is 11.6 Å². The van der Waals surface area contributed by atoms with E-state index < -0.39 is 0 Å². The van der Waals surface area contributed by atoms with E-state index in [0.717, 1.165) is 22.6 Å². The van der Waals surface area contributed by atoms with Crippen LogP contribution < -0.4 is 4.90 Å². The molecule has 3 rings (SSSR count). The molecule has 2 aromatic heterocycles. The molecule has 1 unspecified atom stereocenters. The molecular weight excluding hydrogens is 278 g/mol. The van der Waals surface area contributed by atoms with Crippen molar-refractivity contribution in [3.63, 3.8) is 0 Å². The van der Waals surface area contributed by atoms with Crippen molar-refractivity contribution in [1.29, 1.82) is 0 Å². The summed E-state index contributed by atoms with van der Waals surface area (Å²) in [5.41, 5.74) is 0. The van der Waals surface area contributed by atoms with Gasteiger partial charge in [0.15, 0.2) is 0 Å². The molecule has 102 valence electrons. The standard InChI is InChI=1S/C14H18ClN3S/c1-9-6-4-3-5-7-18(9)12-11-8-10(2)19-13(11)17-14(15)16-12/h8-9H,3-7H2,1-2H3. The average molecular weight is 296 g/mol. The second kappa shape index (κ2) is 5.25. The van der Waals surface area contributed by atoms with Gasteiger partial charge in [-0.25, -0.2) is 4.98 Å². The van der Waals surface area contributed by atoms with Gasteiger partial charge >= 0.3 is 0 Å². The highest BCUT2D eigenvalue weighted by Crippen LogP contribution is 2.34. The smallest absolute Gasteiger partial charge is 0.225 e. The first-order chi connectivity index (χ1) is 9.15. The third-order valence-electron chi connectivity index (χ3n) is 3.79. The lowest BCUT2D eigenvalue weighted by atomic mass is 10.1. The van der Waals surface area contributed by atoms with Crippen LogP contribution in [0.2, 0.25) is 5.28 Å². The summed E-state index contributed by atoms with van der Waals surface area (Å²) in [5, 5.41) is 1.52. The van der Waals surface area contributed by atoms with Crippen LogP contribution in [0.25, 0.3) is 10.2 Å². The van der Waals surface area contributed by atoms with Gasteiger partial charge in [-0.1, -0.05) is 12.8 Å². The van der Waals surface area contributed by atoms with Gasteiger partial charge in [0.05, 0.1) is 5.39 Å². The van der Waals surface area contributed by atoms with Crippen LogP contribution in [0, 0.1) is 6.92 Å². The Morgan fingerprint density at radius 3 is 3.00 bits per heavy atom. The SMILES string of the molecule is Cc1cc2c(N3CCCCCC3C)nc(Cl)nc2s1. The number of nitrogens with zero attached hydrogens (tertiary/aromatic N) is 3. The first kappa shape index (κ1) is 13.1. The molecule has 1 atom stereocenters. The molecule has 0 radical (unpaired) electrons. The number of aryl methyl sites for hydroxylation is 1. The van der Waals surface area contributed by atoms with Gasteiger partial charge in [-0.05, 0) is 44.4 Å². The van der Waals surface area contributed by atoms with Crippen LogP contribution in [0.1, 0.15) is 37.5 Å². The summed E-state index contributed by atoms with van der Waals surface area (Å²) >= 11 is 7.79. The van der Waals surface area contributed by atoms with Gasteiger partial charge in [-0.3, -0.25) is 0 Å². The van der Waals surface area contributed by atoms with Crippen LogP contribution in [0.3, 0.4) is 0 Å². The highest BCUT2D eigenvalue weighted by molar-refractivity contribution is 7.18. The number of hydrogen-bond donors (Lipinski definition) is 0. The van der Waals surface area contributed by atoms with Crippen molar-refractivity contribution in [2.75, 3.05) is 11.4 Å². The Morgan fingerprint density at radius 2 is 2.16 bits per heavy atom. The van der Waals surface area contributed by atoms with E-state index in [9.17, 15) is 0 Å². The quantitative estimate of drug-likeness (QED) is 0.729. The number of halogens is 1. The molecule has 0 amide bonds. The maximum Gasteiger partial charge on any atom is 0.225 e. The Bertz CT molecular complexity index is 596. The molecule has 3 nitrogen and oxygen atoms in total. The van der Waals surface area contributed by atoms with Crippen molar-refractivity contribution in [2.24, 2.45) is 0 Å². The van der Waals surface area contributed by atoms with Gasteiger partial charge in [0, 0.05) is 17.5 Å². The molecular formula is C14H18ClN3S. The van der Waals surface area contributed by atoms with Gasteiger partial charge in [0.25, 0.3) is 0 Å². The van der Waals surface area contributed by atoms with E-state index in [2.05, 4.69) is 34.8 Å². The van der Waals surface area contributed by atoms with Crippen LogP contribution in [-0.2, 0) is 0 Å². The molecule has 19 heavy (non-hydrogen) atoms. The lowest BCUT2D eigenvalue weighted by Crippen LogP contribution is -2.33. The fourth-order valence-corrected chi connectivity index (χ4v) is 3.90. The Kier molecular flexibility index (Phi) is 3.63. The first-order valence-electron chi connectivity index (χ1n) is 6.85. The second-order valence-electron chi connectivity index (χ2n) is 5.28. The second-order valence-corrected chi connectivity index (χ2v) is 6.86. The summed E-state index contributed by atoms with van der Waals surface area (Å²) in [5.74, 6) is 1.02. The fourth-order valence-electron chi connectivity index (χ4n) is 2.81. The fraction of sp³-hybridized carbons (Fsp3) is 0.571. The predicted octanol–water partition coefficient (Wildman–Crippen LogP) is 4.42. The summed E-state index contributed by atoms with van der Waals surface area (Å²) < 4.78 is 0. The molecule has 0 aromatic carbocycles. The minimum atomic E-state index is 0.362. The minimum Gasteiger partial charge on any atom is -0.353 e. The third kappa shape index (κ3) is 2.56. The van der Waals surface area contributed by atoms with Crippen LogP contribution in [0.4, 0.5) is 5.82 Å². The number of anilines is 1. The number of thiophene rings is 1. The minimum absolute atomic E-state index is 0.362. The maximum absolute atomic E-state index is 6.10. The van der Waals surface area contributed by atoms with E-state index in [1.165, 1.54) is 30.6 Å². The molecule has 1 aliphatic heterocycles. The van der Waals surface area contributed by atoms with Crippen molar-refractivity contribution in [2.45, 2.75) is 45.6 Å². The molecule has 2 aromatic rings. The van der Waals surface area contributed by atoms with Gasteiger partial charge in [-0.2, -0.15) is 4.98 Å². The summed E-state index contributed by atoms with van der Waals surface area (Å²) in [4.78, 5) is 13.5. The highest BCUT2D eigenvalue weighted by Gasteiger charge is 2.22. The normalized spacial score (nSPS) is 20.8. The molecule has 0 aliphatic carbocycles. The number of hydrogen-bond acceptors (Lipinski definition) is 4. The molecule has 3 heterocycles. The molecule has 0 saturated carbocycles. The van der Waals surface area contributed by atoms with E-state index >= 15 is 0 Å². The average Bonchev–Trinajstić information content (AvgIpc) is 2.59. The molecule has 5 heteroatoms. The van der Waals surface area contributed by atoms with E-state index in [1.807, 2.05) is 0 Å². The molecule has 0 N–H and O–H groups in total. The Balaban J connectivity index is 2.11. The largest absolute Gasteiger partial charge is 0.353 e. The zero-order valence-electron chi connectivity index (χ0n) is 11.3. The number of fused-ring (bicyclic) bond motifs is 1. The number of aromatic nitrogens is 2. The highest BCUT2D eigenvalue weighted by atomic mass is 35.5. The van der Waals surface area contributed by atoms with Gasteiger partial charge in [0.1, 0.15) is 10.6 Å². The zero-order chi connectivity index (χ0) is 13.4. The van der Waals surface area contributed by atoms with Crippen molar-refractivity contribution in [1.82, 2.24) is 9.97 Å². The lowest BCUT2D eigenvalue weighted by Gasteiger charge is -2.28. The molecule has 1 fully saturated rings. The Labute approximate surface area is 122 Å². The van der Waals surface area contributed by atoms with Crippen LogP contribution in [0.15, 0.2) is 6.07 Å². The van der Waals surface area contributed by atoms with Crippen LogP contribution in [0.5, 0.6) is 0 Å². The molecule has 1 saturated heterocycles. The first-order valence-corrected chi connectivity index (χ1v) is 8.05. The molecule has 1 aliphatic rings. The van der Waals surface area contributed by atoms with E-state index in [0.29, 0.717) is 11.3 Å². The Morgan fingerprint density at radius 1 is 1.32 bits per heavy atom. The van der Waals surface area contributed by atoms with Crippen molar-refractivity contribution < 1.29 is 0 Å². The summed E-state index contributed by atoms with van der Waals surface area (Å²) in [6.45, 7) is 5.46. The molecule has 0 spiro atoms. The summed E-state index contributed by atoms with van der Waals surface area (Å²) in [7, 11) is 0. The third-order valence-corrected chi connectivity index (χ3v) is 4.91. The van der Waals surface area contributed by atoms with Gasteiger partial charge < -0.3 is 4.90 Å². The summed E-state index contributed by atoms with van der Waals surface area (Å²) in [6, 6.07) is 2.71. The van der Waals surface area contributed by atoms with Crippen molar-refractivity contribution in [3.8, 4) is 0 Å². The van der Waals surface area contributed by atoms with Crippen molar-refractivity contribution >= 4 is 39.0 Å². The topological polar surface area (TPSA) is 29.0 Å². The van der Waals surface area contributed by atoms with E-state index in [1.54, 1.807) is 11.3 Å². The predicted molar refractivity (Wildman–Crippen MR) is 82.4 cm³/mol.